The van der Waals surface area contributed by atoms with Crippen LogP contribution in [0.4, 0.5) is 5.95 Å². The van der Waals surface area contributed by atoms with Gasteiger partial charge in [0.15, 0.2) is 25.7 Å². The summed E-state index contributed by atoms with van der Waals surface area (Å²) in [5.74, 6) is -0.650. The van der Waals surface area contributed by atoms with Gasteiger partial charge in [-0.3, -0.25) is 24.5 Å². The quantitative estimate of drug-likeness (QED) is 0.276. The summed E-state index contributed by atoms with van der Waals surface area (Å²) in [6.07, 6.45) is -1.28. The average molecular weight is 481 g/mol. The van der Waals surface area contributed by atoms with Gasteiger partial charge in [0, 0.05) is 5.92 Å². The van der Waals surface area contributed by atoms with Gasteiger partial charge in [-0.15, -0.1) is 0 Å². The largest absolute Gasteiger partial charge is 0.411 e. The van der Waals surface area contributed by atoms with E-state index in [0.29, 0.717) is 0 Å². The molecule has 1 amide bonds. The van der Waals surface area contributed by atoms with Gasteiger partial charge in [0.2, 0.25) is 11.9 Å². The van der Waals surface area contributed by atoms with Crippen LogP contribution in [-0.4, -0.2) is 68.6 Å². The van der Waals surface area contributed by atoms with Crippen molar-refractivity contribution in [3.8, 4) is 0 Å². The van der Waals surface area contributed by atoms with E-state index in [1.807, 2.05) is 13.1 Å². The molecule has 0 spiro atoms. The molecule has 1 saturated heterocycles. The fourth-order valence-corrected chi connectivity index (χ4v) is 4.38. The van der Waals surface area contributed by atoms with Crippen LogP contribution in [0.2, 0.25) is 18.1 Å². The van der Waals surface area contributed by atoms with Crippen molar-refractivity contribution in [2.75, 3.05) is 11.9 Å². The third-order valence-corrected chi connectivity index (χ3v) is 10.6. The van der Waals surface area contributed by atoms with Crippen molar-refractivity contribution < 1.29 is 24.3 Å². The van der Waals surface area contributed by atoms with Crippen molar-refractivity contribution >= 4 is 37.0 Å². The molecule has 2 aromatic heterocycles. The van der Waals surface area contributed by atoms with Crippen LogP contribution in [0.3, 0.4) is 0 Å². The number of nitrogens with zero attached hydrogens (tertiary/aromatic N) is 4. The molecule has 0 aromatic carbocycles. The van der Waals surface area contributed by atoms with Gasteiger partial charge in [-0.05, 0) is 18.1 Å². The van der Waals surface area contributed by atoms with Crippen LogP contribution in [0.25, 0.3) is 11.2 Å². The zero-order valence-corrected chi connectivity index (χ0v) is 20.9. The number of amides is 1. The molecule has 2 aromatic rings. The molecule has 1 aliphatic heterocycles. The van der Waals surface area contributed by atoms with Crippen LogP contribution < -0.4 is 10.9 Å². The average Bonchev–Trinajstić information content (AvgIpc) is 3.27. The second kappa shape index (κ2) is 8.97. The van der Waals surface area contributed by atoms with Gasteiger partial charge in [-0.1, -0.05) is 39.8 Å². The number of hydrogen-bond donors (Lipinski definition) is 4. The van der Waals surface area contributed by atoms with E-state index < -0.39 is 38.9 Å². The van der Waals surface area contributed by atoms with Crippen molar-refractivity contribution in [1.29, 1.82) is 0 Å². The van der Waals surface area contributed by atoms with Gasteiger partial charge < -0.3 is 19.5 Å². The molecule has 0 unspecified atom stereocenters. The highest BCUT2D eigenvalue weighted by Gasteiger charge is 2.49. The molecule has 1 aliphatic rings. The van der Waals surface area contributed by atoms with Crippen LogP contribution in [0.5, 0.6) is 0 Å². The number of aliphatic hydroxyl groups is 1. The second-order valence-corrected chi connectivity index (χ2v) is 14.7. The molecule has 3 atom stereocenters. The molecule has 0 aliphatic carbocycles. The minimum atomic E-state index is -2.38. The molecule has 4 N–H and O–H groups in total. The highest BCUT2D eigenvalue weighted by molar-refractivity contribution is 6.74. The molecule has 0 saturated carbocycles. The second-order valence-electron chi connectivity index (χ2n) is 9.90. The SMILES string of the molecule is CC(C)C(=O)Nc1nc2c(ncn2[C@@H]2O[C@H](CO)C(=NO)[C@@H]2O[Si](C)(C)C(C)(C)C)c(=O)[nH]1. The number of aromatic nitrogens is 4. The third-order valence-electron chi connectivity index (χ3n) is 6.17. The van der Waals surface area contributed by atoms with E-state index in [2.05, 4.69) is 46.2 Å². The Morgan fingerprint density at radius 2 is 2.09 bits per heavy atom. The first-order valence-corrected chi connectivity index (χ1v) is 13.6. The Morgan fingerprint density at radius 3 is 2.64 bits per heavy atom. The summed E-state index contributed by atoms with van der Waals surface area (Å²) in [6, 6.07) is 0. The van der Waals surface area contributed by atoms with Crippen molar-refractivity contribution in [2.24, 2.45) is 11.1 Å². The maximum absolute atomic E-state index is 12.6. The van der Waals surface area contributed by atoms with Crippen LogP contribution in [0.15, 0.2) is 16.3 Å². The first-order valence-electron chi connectivity index (χ1n) is 10.7. The Hall–Kier alpha value is -2.61. The lowest BCUT2D eigenvalue weighted by Gasteiger charge is -2.39. The molecule has 3 heterocycles. The molecule has 33 heavy (non-hydrogen) atoms. The van der Waals surface area contributed by atoms with Crippen molar-refractivity contribution in [1.82, 2.24) is 19.5 Å². The zero-order chi connectivity index (χ0) is 24.7. The maximum atomic E-state index is 12.6. The number of imidazole rings is 1. The van der Waals surface area contributed by atoms with Gasteiger partial charge in [-0.25, -0.2) is 4.98 Å². The molecular formula is C20H32N6O6Si. The van der Waals surface area contributed by atoms with Gasteiger partial charge >= 0.3 is 0 Å². The van der Waals surface area contributed by atoms with Crippen molar-refractivity contribution in [3.63, 3.8) is 0 Å². The first-order chi connectivity index (χ1) is 15.3. The minimum Gasteiger partial charge on any atom is -0.411 e. The van der Waals surface area contributed by atoms with E-state index >= 15 is 0 Å². The number of hydrogen-bond acceptors (Lipinski definition) is 9. The van der Waals surface area contributed by atoms with Crippen LogP contribution >= 0.6 is 0 Å². The Morgan fingerprint density at radius 1 is 1.42 bits per heavy atom. The van der Waals surface area contributed by atoms with E-state index in [1.54, 1.807) is 13.8 Å². The highest BCUT2D eigenvalue weighted by atomic mass is 28.4. The van der Waals surface area contributed by atoms with Gasteiger partial charge in [0.05, 0.1) is 12.9 Å². The molecule has 13 heteroatoms. The Kier molecular flexibility index (Phi) is 6.80. The van der Waals surface area contributed by atoms with Gasteiger partial charge in [0.1, 0.15) is 17.9 Å². The van der Waals surface area contributed by atoms with Crippen LogP contribution in [0, 0.1) is 5.92 Å². The number of rotatable bonds is 6. The smallest absolute Gasteiger partial charge is 0.280 e. The Bertz CT molecular complexity index is 1120. The predicted molar refractivity (Wildman–Crippen MR) is 124 cm³/mol. The third kappa shape index (κ3) is 4.71. The lowest BCUT2D eigenvalue weighted by molar-refractivity contribution is -0.118. The van der Waals surface area contributed by atoms with Crippen molar-refractivity contribution in [2.45, 2.75) is 71.2 Å². The first kappa shape index (κ1) is 25.0. The number of aromatic amines is 1. The highest BCUT2D eigenvalue weighted by Crippen LogP contribution is 2.41. The lowest BCUT2D eigenvalue weighted by atomic mass is 10.1. The molecule has 0 radical (unpaired) electrons. The zero-order valence-electron chi connectivity index (χ0n) is 19.9. The topological polar surface area (TPSA) is 164 Å². The molecule has 182 valence electrons. The van der Waals surface area contributed by atoms with E-state index in [1.165, 1.54) is 10.9 Å². The summed E-state index contributed by atoms with van der Waals surface area (Å²) in [5, 5.41) is 25.3. The molecule has 0 bridgehead atoms. The van der Waals surface area contributed by atoms with E-state index in [0.717, 1.165) is 0 Å². The number of H-pyrrole nitrogens is 1. The summed E-state index contributed by atoms with van der Waals surface area (Å²) >= 11 is 0. The summed E-state index contributed by atoms with van der Waals surface area (Å²) in [6.45, 7) is 13.3. The number of oxime groups is 1. The van der Waals surface area contributed by atoms with E-state index in [-0.39, 0.29) is 39.7 Å². The number of anilines is 1. The normalized spacial score (nSPS) is 23.1. The van der Waals surface area contributed by atoms with Crippen LogP contribution in [0.1, 0.15) is 40.8 Å². The summed E-state index contributed by atoms with van der Waals surface area (Å²) in [7, 11) is -2.38. The molecular weight excluding hydrogens is 448 g/mol. The fraction of sp³-hybridized carbons (Fsp3) is 0.650. The van der Waals surface area contributed by atoms with Crippen LogP contribution in [-0.2, 0) is 14.0 Å². The number of carbonyl (C=O) groups is 1. The van der Waals surface area contributed by atoms with E-state index in [4.69, 9.17) is 9.16 Å². The number of fused-ring (bicyclic) bond motifs is 1. The molecule has 1 fully saturated rings. The number of carbonyl (C=O) groups excluding carboxylic acids is 1. The summed E-state index contributed by atoms with van der Waals surface area (Å²) < 4.78 is 14.0. The Balaban J connectivity index is 2.10. The standard InChI is InChI=1S/C20H32N6O6Si/c1-10(2)16(28)23-19-22-15-13(17(29)24-19)21-9-26(15)18-14(12(25-30)11(8-27)31-18)32-33(6,7)20(3,4)5/h9-11,14,18,27,30H,8H2,1-7H3,(H2,22,23,24,28,29)/t11-,14+,18-/m1/s1. The summed E-state index contributed by atoms with van der Waals surface area (Å²) in [4.78, 5) is 35.7. The fourth-order valence-electron chi connectivity index (χ4n) is 3.15. The Labute approximate surface area is 192 Å². The maximum Gasteiger partial charge on any atom is 0.280 e. The van der Waals surface area contributed by atoms with Crippen molar-refractivity contribution in [3.05, 3.63) is 16.7 Å². The predicted octanol–water partition coefficient (Wildman–Crippen LogP) is 1.82. The van der Waals surface area contributed by atoms with Gasteiger partial charge in [0.25, 0.3) is 5.56 Å². The summed E-state index contributed by atoms with van der Waals surface area (Å²) in [5.41, 5.74) is -0.190. The number of ether oxygens (including phenoxy) is 1. The number of aliphatic hydroxyl groups excluding tert-OH is 1. The minimum absolute atomic E-state index is 0.0254. The lowest BCUT2D eigenvalue weighted by Crippen LogP contribution is -2.47. The van der Waals surface area contributed by atoms with E-state index in [9.17, 15) is 19.9 Å². The number of nitrogens with one attached hydrogen (secondary N) is 2. The molecule has 12 nitrogen and oxygen atoms in total. The molecule has 3 rings (SSSR count). The van der Waals surface area contributed by atoms with Gasteiger partial charge in [-0.2, -0.15) is 4.98 Å². The monoisotopic (exact) mass is 480 g/mol.